The van der Waals surface area contributed by atoms with Crippen LogP contribution in [0.5, 0.6) is 5.75 Å². The number of hydrogen-bond acceptors (Lipinski definition) is 6. The number of carbonyl (C=O) groups excluding carboxylic acids is 1. The van der Waals surface area contributed by atoms with Crippen LogP contribution in [0, 0.1) is 0 Å². The number of fused-ring (bicyclic) bond motifs is 2. The van der Waals surface area contributed by atoms with E-state index in [0.717, 1.165) is 22.4 Å². The zero-order valence-corrected chi connectivity index (χ0v) is 14.9. The molecule has 2 saturated heterocycles. The van der Waals surface area contributed by atoms with Crippen LogP contribution in [0.4, 0.5) is 10.8 Å². The lowest BCUT2D eigenvalue weighted by atomic mass is 10.1. The summed E-state index contributed by atoms with van der Waals surface area (Å²) in [6, 6.07) is 15.9. The molecule has 0 saturated carbocycles. The Balaban J connectivity index is 1.38. The predicted molar refractivity (Wildman–Crippen MR) is 98.8 cm³/mol. The number of para-hydroxylation sites is 3. The molecule has 0 unspecified atom stereocenters. The van der Waals surface area contributed by atoms with E-state index in [2.05, 4.69) is 4.98 Å². The van der Waals surface area contributed by atoms with Crippen molar-refractivity contribution in [1.29, 1.82) is 0 Å². The Labute approximate surface area is 156 Å². The van der Waals surface area contributed by atoms with E-state index in [1.807, 2.05) is 53.4 Å². The number of methoxy groups -OCH3 is 1. The molecular weight excluding hydrogens is 346 g/mol. The Morgan fingerprint density at radius 2 is 1.96 bits per heavy atom. The first-order chi connectivity index (χ1) is 13.2. The van der Waals surface area contributed by atoms with E-state index >= 15 is 0 Å². The van der Waals surface area contributed by atoms with E-state index in [9.17, 15) is 4.79 Å². The Hall–Kier alpha value is -3.22. The SMILES string of the molecule is COc1ccccc1CN1C(=O)O[C@@H]2CN(c3nc4ccccc4o3)C[C@@H]21. The maximum atomic E-state index is 12.4. The van der Waals surface area contributed by atoms with Gasteiger partial charge in [0, 0.05) is 12.1 Å². The standard InChI is InChI=1S/C20H19N3O4/c1-25-16-8-4-2-6-13(16)10-23-15-11-22(12-18(15)27-20(23)24)19-21-14-7-3-5-9-17(14)26-19/h2-9,15,18H,10-12H2,1H3/t15-,18+/m0/s1. The summed E-state index contributed by atoms with van der Waals surface area (Å²) in [4.78, 5) is 20.7. The van der Waals surface area contributed by atoms with Crippen molar-refractivity contribution in [3.05, 3.63) is 54.1 Å². The van der Waals surface area contributed by atoms with Gasteiger partial charge in [-0.05, 0) is 18.2 Å². The van der Waals surface area contributed by atoms with Crippen molar-refractivity contribution in [2.75, 3.05) is 25.1 Å². The largest absolute Gasteiger partial charge is 0.496 e. The molecule has 2 atom stereocenters. The Morgan fingerprint density at radius 3 is 2.81 bits per heavy atom. The van der Waals surface area contributed by atoms with E-state index in [0.29, 0.717) is 25.6 Å². The second-order valence-electron chi connectivity index (χ2n) is 6.80. The van der Waals surface area contributed by atoms with Crippen LogP contribution in [0.15, 0.2) is 52.9 Å². The van der Waals surface area contributed by atoms with E-state index in [1.165, 1.54) is 0 Å². The number of nitrogens with zero attached hydrogens (tertiary/aromatic N) is 3. The molecule has 0 aliphatic carbocycles. The third-order valence-electron chi connectivity index (χ3n) is 5.21. The molecular formula is C20H19N3O4. The zero-order valence-electron chi connectivity index (χ0n) is 14.9. The molecule has 0 spiro atoms. The minimum Gasteiger partial charge on any atom is -0.496 e. The van der Waals surface area contributed by atoms with Gasteiger partial charge in [0.1, 0.15) is 17.4 Å². The molecule has 7 heteroatoms. The summed E-state index contributed by atoms with van der Waals surface area (Å²) >= 11 is 0. The highest BCUT2D eigenvalue weighted by atomic mass is 16.6. The molecule has 0 bridgehead atoms. The number of rotatable bonds is 4. The van der Waals surface area contributed by atoms with Crippen LogP contribution in [0.2, 0.25) is 0 Å². The Kier molecular flexibility index (Phi) is 3.67. The second kappa shape index (κ2) is 6.19. The summed E-state index contributed by atoms with van der Waals surface area (Å²) < 4.78 is 16.9. The summed E-state index contributed by atoms with van der Waals surface area (Å²) in [7, 11) is 1.63. The molecule has 3 aromatic rings. The first-order valence-electron chi connectivity index (χ1n) is 8.92. The minimum atomic E-state index is -0.284. The van der Waals surface area contributed by atoms with Gasteiger partial charge in [-0.25, -0.2) is 4.79 Å². The summed E-state index contributed by atoms with van der Waals surface area (Å²) in [6.07, 6.45) is -0.477. The van der Waals surface area contributed by atoms with Crippen LogP contribution in [0.25, 0.3) is 11.1 Å². The molecule has 0 radical (unpaired) electrons. The van der Waals surface area contributed by atoms with Gasteiger partial charge in [0.15, 0.2) is 5.58 Å². The average molecular weight is 365 g/mol. The first kappa shape index (κ1) is 16.0. The number of amides is 1. The van der Waals surface area contributed by atoms with E-state index in [-0.39, 0.29) is 18.2 Å². The summed E-state index contributed by atoms with van der Waals surface area (Å²) in [5.74, 6) is 0.766. The third-order valence-corrected chi connectivity index (χ3v) is 5.21. The lowest BCUT2D eigenvalue weighted by molar-refractivity contribution is 0.134. The Bertz CT molecular complexity index is 969. The molecule has 7 nitrogen and oxygen atoms in total. The van der Waals surface area contributed by atoms with E-state index < -0.39 is 0 Å². The van der Waals surface area contributed by atoms with Crippen LogP contribution >= 0.6 is 0 Å². The number of ether oxygens (including phenoxy) is 2. The summed E-state index contributed by atoms with van der Waals surface area (Å²) in [5.41, 5.74) is 2.54. The monoisotopic (exact) mass is 365 g/mol. The third kappa shape index (κ3) is 2.66. The first-order valence-corrected chi connectivity index (χ1v) is 8.92. The predicted octanol–water partition coefficient (Wildman–Crippen LogP) is 3.05. The molecule has 3 heterocycles. The van der Waals surface area contributed by atoms with E-state index in [1.54, 1.807) is 12.0 Å². The zero-order chi connectivity index (χ0) is 18.4. The van der Waals surface area contributed by atoms with Gasteiger partial charge < -0.3 is 18.8 Å². The number of benzene rings is 2. The molecule has 27 heavy (non-hydrogen) atoms. The number of anilines is 1. The molecule has 138 valence electrons. The van der Waals surface area contributed by atoms with Crippen LogP contribution in [0.1, 0.15) is 5.56 Å². The molecule has 5 rings (SSSR count). The van der Waals surface area contributed by atoms with Gasteiger partial charge in [-0.2, -0.15) is 4.98 Å². The van der Waals surface area contributed by atoms with Gasteiger partial charge >= 0.3 is 6.09 Å². The molecule has 2 aromatic carbocycles. The number of oxazole rings is 1. The van der Waals surface area contributed by atoms with Gasteiger partial charge in [-0.1, -0.05) is 30.3 Å². The van der Waals surface area contributed by atoms with Crippen molar-refractivity contribution >= 4 is 23.2 Å². The van der Waals surface area contributed by atoms with Gasteiger partial charge in [0.2, 0.25) is 0 Å². The minimum absolute atomic E-state index is 0.0441. The smallest absolute Gasteiger partial charge is 0.410 e. The van der Waals surface area contributed by atoms with Gasteiger partial charge in [0.05, 0.1) is 26.2 Å². The molecule has 2 fully saturated rings. The molecule has 0 N–H and O–H groups in total. The summed E-state index contributed by atoms with van der Waals surface area (Å²) in [5, 5.41) is 0. The van der Waals surface area contributed by atoms with Crippen LogP contribution < -0.4 is 9.64 Å². The van der Waals surface area contributed by atoms with Gasteiger partial charge in [-0.15, -0.1) is 0 Å². The maximum absolute atomic E-state index is 12.4. The Morgan fingerprint density at radius 1 is 1.15 bits per heavy atom. The highest BCUT2D eigenvalue weighted by molar-refractivity contribution is 5.75. The van der Waals surface area contributed by atoms with Crippen LogP contribution in [0.3, 0.4) is 0 Å². The van der Waals surface area contributed by atoms with Crippen molar-refractivity contribution in [2.45, 2.75) is 18.7 Å². The number of carbonyl (C=O) groups is 1. The molecule has 2 aliphatic rings. The maximum Gasteiger partial charge on any atom is 0.410 e. The lowest BCUT2D eigenvalue weighted by Crippen LogP contribution is -2.37. The quantitative estimate of drug-likeness (QED) is 0.708. The average Bonchev–Trinajstić information content (AvgIpc) is 3.36. The highest BCUT2D eigenvalue weighted by Gasteiger charge is 2.48. The lowest BCUT2D eigenvalue weighted by Gasteiger charge is -2.22. The van der Waals surface area contributed by atoms with Crippen molar-refractivity contribution in [2.24, 2.45) is 0 Å². The summed E-state index contributed by atoms with van der Waals surface area (Å²) in [6.45, 7) is 1.65. The highest BCUT2D eigenvalue weighted by Crippen LogP contribution is 2.33. The van der Waals surface area contributed by atoms with Crippen LogP contribution in [-0.4, -0.2) is 48.3 Å². The normalized spacial score (nSPS) is 21.6. The van der Waals surface area contributed by atoms with Gasteiger partial charge in [-0.3, -0.25) is 4.90 Å². The van der Waals surface area contributed by atoms with Gasteiger partial charge in [0.25, 0.3) is 6.01 Å². The van der Waals surface area contributed by atoms with Crippen molar-refractivity contribution < 1.29 is 18.7 Å². The fourth-order valence-electron chi connectivity index (χ4n) is 3.85. The number of hydrogen-bond donors (Lipinski definition) is 0. The fraction of sp³-hybridized carbons (Fsp3) is 0.300. The van der Waals surface area contributed by atoms with Crippen molar-refractivity contribution in [3.63, 3.8) is 0 Å². The molecule has 1 aromatic heterocycles. The van der Waals surface area contributed by atoms with E-state index in [4.69, 9.17) is 13.9 Å². The fourth-order valence-corrected chi connectivity index (χ4v) is 3.85. The van der Waals surface area contributed by atoms with Crippen molar-refractivity contribution in [3.8, 4) is 5.75 Å². The molecule has 1 amide bonds. The number of aromatic nitrogens is 1. The molecule has 2 aliphatic heterocycles. The topological polar surface area (TPSA) is 68.0 Å². The van der Waals surface area contributed by atoms with Crippen LogP contribution in [-0.2, 0) is 11.3 Å². The van der Waals surface area contributed by atoms with Crippen molar-refractivity contribution in [1.82, 2.24) is 9.88 Å². The second-order valence-corrected chi connectivity index (χ2v) is 6.80.